The van der Waals surface area contributed by atoms with Crippen LogP contribution in [0.4, 0.5) is 0 Å². The van der Waals surface area contributed by atoms with E-state index in [-0.39, 0.29) is 6.42 Å². The molecule has 0 aliphatic carbocycles. The summed E-state index contributed by atoms with van der Waals surface area (Å²) in [5, 5.41) is 8.52. The van der Waals surface area contributed by atoms with Crippen LogP contribution in [0, 0.1) is 0 Å². The molecule has 0 radical (unpaired) electrons. The number of carboxylic acids is 1. The summed E-state index contributed by atoms with van der Waals surface area (Å²) in [6.45, 7) is 0. The molecule has 5 nitrogen and oxygen atoms in total. The Balaban J connectivity index is 1.89. The smallest absolute Gasteiger partial charge is 0.303 e. The van der Waals surface area contributed by atoms with Crippen molar-refractivity contribution >= 4 is 5.97 Å². The first kappa shape index (κ1) is 12.3. The minimum atomic E-state index is -0.767. The van der Waals surface area contributed by atoms with E-state index in [1.807, 2.05) is 18.2 Å². The standard InChI is InChI=1S/C13H14N2O3/c16-13(17)7-2-1-6-12-15-11(9-18-12)10-5-3-4-8-14-10/h3-5,8-9H,1-2,6-7H2,(H,16,17). The summed E-state index contributed by atoms with van der Waals surface area (Å²) in [7, 11) is 0. The topological polar surface area (TPSA) is 76.2 Å². The second kappa shape index (κ2) is 5.95. The maximum atomic E-state index is 10.4. The van der Waals surface area contributed by atoms with Gasteiger partial charge in [-0.3, -0.25) is 9.78 Å². The summed E-state index contributed by atoms with van der Waals surface area (Å²) in [4.78, 5) is 18.9. The average Bonchev–Trinajstić information content (AvgIpc) is 2.84. The predicted octanol–water partition coefficient (Wildman–Crippen LogP) is 2.53. The van der Waals surface area contributed by atoms with Crippen molar-refractivity contribution in [3.63, 3.8) is 0 Å². The van der Waals surface area contributed by atoms with Gasteiger partial charge in [0.05, 0.1) is 5.69 Å². The van der Waals surface area contributed by atoms with E-state index in [0.717, 1.165) is 12.1 Å². The van der Waals surface area contributed by atoms with Crippen LogP contribution in [0.3, 0.4) is 0 Å². The van der Waals surface area contributed by atoms with Gasteiger partial charge in [0.25, 0.3) is 0 Å². The second-order valence-electron chi connectivity index (χ2n) is 3.94. The van der Waals surface area contributed by atoms with Crippen molar-refractivity contribution in [3.8, 4) is 11.4 Å². The maximum absolute atomic E-state index is 10.4. The Kier molecular flexibility index (Phi) is 4.06. The fourth-order valence-electron chi connectivity index (χ4n) is 1.61. The third-order valence-electron chi connectivity index (χ3n) is 2.51. The average molecular weight is 246 g/mol. The molecule has 0 saturated carbocycles. The molecule has 0 bridgehead atoms. The molecule has 2 aromatic rings. The quantitative estimate of drug-likeness (QED) is 0.792. The minimum absolute atomic E-state index is 0.188. The summed E-state index contributed by atoms with van der Waals surface area (Å²) in [6.07, 6.45) is 5.52. The Morgan fingerprint density at radius 3 is 2.89 bits per heavy atom. The predicted molar refractivity (Wildman–Crippen MR) is 64.9 cm³/mol. The molecule has 0 fully saturated rings. The Hall–Kier alpha value is -2.17. The van der Waals surface area contributed by atoms with Gasteiger partial charge in [-0.25, -0.2) is 4.98 Å². The van der Waals surface area contributed by atoms with Crippen molar-refractivity contribution in [2.75, 3.05) is 0 Å². The number of aromatic nitrogens is 2. The normalized spacial score (nSPS) is 10.4. The largest absolute Gasteiger partial charge is 0.481 e. The van der Waals surface area contributed by atoms with Gasteiger partial charge in [-0.15, -0.1) is 0 Å². The molecule has 1 N–H and O–H groups in total. The summed E-state index contributed by atoms with van der Waals surface area (Å²) in [5.74, 6) is -0.141. The molecule has 2 aromatic heterocycles. The molecule has 2 rings (SSSR count). The Labute approximate surface area is 105 Å². The van der Waals surface area contributed by atoms with Crippen LogP contribution in [0.15, 0.2) is 35.1 Å². The Bertz CT molecular complexity index is 508. The van der Waals surface area contributed by atoms with Crippen LogP contribution >= 0.6 is 0 Å². The zero-order chi connectivity index (χ0) is 12.8. The van der Waals surface area contributed by atoms with Gasteiger partial charge in [0.2, 0.25) is 0 Å². The van der Waals surface area contributed by atoms with Crippen molar-refractivity contribution in [2.45, 2.75) is 25.7 Å². The lowest BCUT2D eigenvalue weighted by Gasteiger charge is -1.94. The van der Waals surface area contributed by atoms with Crippen LogP contribution in [-0.2, 0) is 11.2 Å². The van der Waals surface area contributed by atoms with E-state index in [1.165, 1.54) is 0 Å². The van der Waals surface area contributed by atoms with Crippen LogP contribution in [0.2, 0.25) is 0 Å². The van der Waals surface area contributed by atoms with Crippen molar-refractivity contribution < 1.29 is 14.3 Å². The highest BCUT2D eigenvalue weighted by Gasteiger charge is 2.07. The molecular weight excluding hydrogens is 232 g/mol. The van der Waals surface area contributed by atoms with Gasteiger partial charge < -0.3 is 9.52 Å². The first-order valence-corrected chi connectivity index (χ1v) is 5.83. The van der Waals surface area contributed by atoms with Crippen molar-refractivity contribution in [2.24, 2.45) is 0 Å². The van der Waals surface area contributed by atoms with E-state index in [0.29, 0.717) is 24.4 Å². The number of rotatable bonds is 6. The first-order chi connectivity index (χ1) is 8.75. The van der Waals surface area contributed by atoms with Gasteiger partial charge in [-0.05, 0) is 25.0 Å². The number of aliphatic carboxylic acids is 1. The van der Waals surface area contributed by atoms with Crippen molar-refractivity contribution in [3.05, 3.63) is 36.5 Å². The molecule has 2 heterocycles. The van der Waals surface area contributed by atoms with E-state index >= 15 is 0 Å². The molecule has 94 valence electrons. The van der Waals surface area contributed by atoms with Gasteiger partial charge >= 0.3 is 5.97 Å². The van der Waals surface area contributed by atoms with Crippen molar-refractivity contribution in [1.82, 2.24) is 9.97 Å². The number of oxazole rings is 1. The number of hydrogen-bond acceptors (Lipinski definition) is 4. The number of hydrogen-bond donors (Lipinski definition) is 1. The molecule has 0 spiro atoms. The summed E-state index contributed by atoms with van der Waals surface area (Å²) in [5.41, 5.74) is 1.49. The van der Waals surface area contributed by atoms with Gasteiger partial charge in [0.1, 0.15) is 12.0 Å². The third-order valence-corrected chi connectivity index (χ3v) is 2.51. The van der Waals surface area contributed by atoms with Gasteiger partial charge in [-0.1, -0.05) is 6.07 Å². The molecule has 0 aliphatic rings. The zero-order valence-electron chi connectivity index (χ0n) is 9.87. The van der Waals surface area contributed by atoms with E-state index in [9.17, 15) is 4.79 Å². The molecular formula is C13H14N2O3. The number of aryl methyl sites for hydroxylation is 1. The zero-order valence-corrected chi connectivity index (χ0v) is 9.87. The lowest BCUT2D eigenvalue weighted by Crippen LogP contribution is -1.95. The number of nitrogens with zero attached hydrogens (tertiary/aromatic N) is 2. The monoisotopic (exact) mass is 246 g/mol. The molecule has 0 atom stereocenters. The summed E-state index contributed by atoms with van der Waals surface area (Å²) in [6, 6.07) is 5.60. The van der Waals surface area contributed by atoms with Crippen molar-refractivity contribution in [1.29, 1.82) is 0 Å². The molecule has 0 aromatic carbocycles. The lowest BCUT2D eigenvalue weighted by atomic mass is 10.2. The molecule has 0 amide bonds. The molecule has 5 heteroatoms. The van der Waals surface area contributed by atoms with Crippen LogP contribution in [0.5, 0.6) is 0 Å². The highest BCUT2D eigenvalue weighted by molar-refractivity contribution is 5.66. The Morgan fingerprint density at radius 1 is 1.28 bits per heavy atom. The number of carboxylic acid groups (broad SMARTS) is 1. The van der Waals surface area contributed by atoms with Crippen LogP contribution in [0.1, 0.15) is 25.2 Å². The summed E-state index contributed by atoms with van der Waals surface area (Å²) < 4.78 is 5.33. The maximum Gasteiger partial charge on any atom is 0.303 e. The SMILES string of the molecule is O=C(O)CCCCc1nc(-c2ccccn2)co1. The highest BCUT2D eigenvalue weighted by atomic mass is 16.4. The fraction of sp³-hybridized carbons (Fsp3) is 0.308. The van der Waals surface area contributed by atoms with Gasteiger partial charge in [-0.2, -0.15) is 0 Å². The second-order valence-corrected chi connectivity index (χ2v) is 3.94. The fourth-order valence-corrected chi connectivity index (χ4v) is 1.61. The van der Waals surface area contributed by atoms with Crippen LogP contribution < -0.4 is 0 Å². The van der Waals surface area contributed by atoms with Crippen LogP contribution in [0.25, 0.3) is 11.4 Å². The first-order valence-electron chi connectivity index (χ1n) is 5.83. The molecule has 0 saturated heterocycles. The molecule has 0 unspecified atom stereocenters. The number of carbonyl (C=O) groups is 1. The van der Waals surface area contributed by atoms with E-state index in [1.54, 1.807) is 12.5 Å². The lowest BCUT2D eigenvalue weighted by molar-refractivity contribution is -0.137. The summed E-state index contributed by atoms with van der Waals surface area (Å²) >= 11 is 0. The molecule has 0 aliphatic heterocycles. The Morgan fingerprint density at radius 2 is 2.17 bits per heavy atom. The highest BCUT2D eigenvalue weighted by Crippen LogP contribution is 2.16. The molecule has 18 heavy (non-hydrogen) atoms. The van der Waals surface area contributed by atoms with E-state index in [4.69, 9.17) is 9.52 Å². The number of unbranched alkanes of at least 4 members (excludes halogenated alkanes) is 1. The van der Waals surface area contributed by atoms with E-state index in [2.05, 4.69) is 9.97 Å². The van der Waals surface area contributed by atoms with Gasteiger partial charge in [0, 0.05) is 19.0 Å². The van der Waals surface area contributed by atoms with Gasteiger partial charge in [0.15, 0.2) is 5.89 Å². The van der Waals surface area contributed by atoms with E-state index < -0.39 is 5.97 Å². The number of pyridine rings is 1. The van der Waals surface area contributed by atoms with Crippen LogP contribution in [-0.4, -0.2) is 21.0 Å². The minimum Gasteiger partial charge on any atom is -0.481 e. The third kappa shape index (κ3) is 3.41.